The van der Waals surface area contributed by atoms with Gasteiger partial charge < -0.3 is 9.47 Å². The summed E-state index contributed by atoms with van der Waals surface area (Å²) in [7, 11) is 1.68. The summed E-state index contributed by atoms with van der Waals surface area (Å²) >= 11 is 0. The summed E-state index contributed by atoms with van der Waals surface area (Å²) < 4.78 is 12.2. The van der Waals surface area contributed by atoms with E-state index in [1.807, 2.05) is 12.1 Å². The van der Waals surface area contributed by atoms with Gasteiger partial charge in [-0.2, -0.15) is 0 Å². The van der Waals surface area contributed by atoms with Crippen LogP contribution in [0.4, 0.5) is 0 Å². The number of likely N-dealkylation sites (tertiary alicyclic amines) is 1. The summed E-state index contributed by atoms with van der Waals surface area (Å²) in [6.45, 7) is 6.28. The number of carbonyl (C=O) groups excluding carboxylic acids is 1. The smallest absolute Gasteiger partial charge is 0.161 e. The first kappa shape index (κ1) is 22.7. The summed E-state index contributed by atoms with van der Waals surface area (Å²) in [5.41, 5.74) is 4.69. The SMILES string of the molecule is COc1ccc([C@@H]2CN(Cc3ccccc3)C[C@@]2(C)C(C)=O)cc1OC1Cc2ccccc2C1. The van der Waals surface area contributed by atoms with Crippen LogP contribution in [0.15, 0.2) is 72.8 Å². The zero-order valence-corrected chi connectivity index (χ0v) is 20.3. The maximum absolute atomic E-state index is 12.9. The second kappa shape index (κ2) is 9.27. The summed E-state index contributed by atoms with van der Waals surface area (Å²) in [5, 5.41) is 0. The second-order valence-corrected chi connectivity index (χ2v) is 10.0. The summed E-state index contributed by atoms with van der Waals surface area (Å²) in [6.07, 6.45) is 1.91. The maximum Gasteiger partial charge on any atom is 0.161 e. The van der Waals surface area contributed by atoms with E-state index in [1.165, 1.54) is 16.7 Å². The Bertz CT molecular complexity index is 1150. The number of carbonyl (C=O) groups is 1. The Labute approximate surface area is 202 Å². The maximum atomic E-state index is 12.9. The van der Waals surface area contributed by atoms with Gasteiger partial charge in [0.25, 0.3) is 0 Å². The first-order chi connectivity index (χ1) is 16.5. The van der Waals surface area contributed by atoms with Crippen molar-refractivity contribution in [3.05, 3.63) is 95.1 Å². The van der Waals surface area contributed by atoms with Gasteiger partial charge in [-0.25, -0.2) is 0 Å². The molecule has 0 saturated carbocycles. The van der Waals surface area contributed by atoms with Crippen LogP contribution < -0.4 is 9.47 Å². The minimum Gasteiger partial charge on any atom is -0.493 e. The van der Waals surface area contributed by atoms with Gasteiger partial charge in [0.1, 0.15) is 11.9 Å². The highest BCUT2D eigenvalue weighted by Gasteiger charge is 2.47. The summed E-state index contributed by atoms with van der Waals surface area (Å²) in [6, 6.07) is 25.2. The molecule has 0 amide bonds. The van der Waals surface area contributed by atoms with Crippen LogP contribution in [0.1, 0.15) is 42.0 Å². The molecule has 3 aromatic carbocycles. The number of benzene rings is 3. The predicted molar refractivity (Wildman–Crippen MR) is 135 cm³/mol. The van der Waals surface area contributed by atoms with E-state index in [-0.39, 0.29) is 17.8 Å². The van der Waals surface area contributed by atoms with Crippen molar-refractivity contribution in [3.8, 4) is 11.5 Å². The molecule has 4 nitrogen and oxygen atoms in total. The molecule has 0 N–H and O–H groups in total. The van der Waals surface area contributed by atoms with E-state index in [2.05, 4.69) is 72.5 Å². The molecule has 2 atom stereocenters. The Kier molecular flexibility index (Phi) is 6.18. The first-order valence-corrected chi connectivity index (χ1v) is 12.1. The molecule has 1 fully saturated rings. The van der Waals surface area contributed by atoms with Crippen molar-refractivity contribution >= 4 is 5.78 Å². The Morgan fingerprint density at radius 1 is 0.971 bits per heavy atom. The lowest BCUT2D eigenvalue weighted by Gasteiger charge is -2.29. The van der Waals surface area contributed by atoms with E-state index >= 15 is 0 Å². The normalized spacial score (nSPS) is 22.5. The molecule has 1 saturated heterocycles. The lowest BCUT2D eigenvalue weighted by molar-refractivity contribution is -0.125. The van der Waals surface area contributed by atoms with Gasteiger partial charge in [-0.3, -0.25) is 9.69 Å². The van der Waals surface area contributed by atoms with Crippen LogP contribution in [0.2, 0.25) is 0 Å². The van der Waals surface area contributed by atoms with Crippen molar-refractivity contribution in [1.29, 1.82) is 0 Å². The molecule has 0 bridgehead atoms. The van der Waals surface area contributed by atoms with E-state index < -0.39 is 5.41 Å². The molecule has 1 aliphatic carbocycles. The van der Waals surface area contributed by atoms with E-state index in [0.717, 1.165) is 49.5 Å². The molecule has 34 heavy (non-hydrogen) atoms. The fourth-order valence-corrected chi connectivity index (χ4v) is 5.67. The zero-order valence-electron chi connectivity index (χ0n) is 20.3. The lowest BCUT2D eigenvalue weighted by Crippen LogP contribution is -2.33. The monoisotopic (exact) mass is 455 g/mol. The second-order valence-electron chi connectivity index (χ2n) is 10.0. The minimum absolute atomic E-state index is 0.0962. The van der Waals surface area contributed by atoms with Gasteiger partial charge in [-0.15, -0.1) is 0 Å². The number of fused-ring (bicyclic) bond motifs is 1. The molecule has 1 aliphatic heterocycles. The van der Waals surface area contributed by atoms with Crippen LogP contribution in [0, 0.1) is 5.41 Å². The van der Waals surface area contributed by atoms with Crippen LogP contribution >= 0.6 is 0 Å². The van der Waals surface area contributed by atoms with Gasteiger partial charge in [0, 0.05) is 43.8 Å². The van der Waals surface area contributed by atoms with Crippen LogP contribution in [0.5, 0.6) is 11.5 Å². The van der Waals surface area contributed by atoms with Crippen LogP contribution in [-0.2, 0) is 24.2 Å². The fraction of sp³-hybridized carbons (Fsp3) is 0.367. The van der Waals surface area contributed by atoms with Gasteiger partial charge in [0.05, 0.1) is 7.11 Å². The Balaban J connectivity index is 1.40. The van der Waals surface area contributed by atoms with Crippen molar-refractivity contribution in [2.75, 3.05) is 20.2 Å². The van der Waals surface area contributed by atoms with E-state index in [1.54, 1.807) is 14.0 Å². The number of ether oxygens (including phenoxy) is 2. The van der Waals surface area contributed by atoms with Crippen LogP contribution in [0.25, 0.3) is 0 Å². The molecule has 176 valence electrons. The Morgan fingerprint density at radius 2 is 1.65 bits per heavy atom. The first-order valence-electron chi connectivity index (χ1n) is 12.1. The minimum atomic E-state index is -0.440. The molecule has 1 heterocycles. The number of Topliss-reactive ketones (excluding diaryl/α,β-unsaturated/α-hetero) is 1. The summed E-state index contributed by atoms with van der Waals surface area (Å²) in [5.74, 6) is 1.84. The third kappa shape index (κ3) is 4.35. The third-order valence-corrected chi connectivity index (χ3v) is 7.71. The zero-order chi connectivity index (χ0) is 23.7. The van der Waals surface area contributed by atoms with Crippen LogP contribution in [0.3, 0.4) is 0 Å². The Hall–Kier alpha value is -3.11. The van der Waals surface area contributed by atoms with Crippen molar-refractivity contribution in [2.45, 2.75) is 45.3 Å². The highest BCUT2D eigenvalue weighted by atomic mass is 16.5. The average Bonchev–Trinajstić information content (AvgIpc) is 3.40. The highest BCUT2D eigenvalue weighted by Crippen LogP contribution is 2.46. The number of hydrogen-bond donors (Lipinski definition) is 0. The number of hydrogen-bond acceptors (Lipinski definition) is 4. The van der Waals surface area contributed by atoms with Gasteiger partial charge in [-0.1, -0.05) is 67.6 Å². The number of methoxy groups -OCH3 is 1. The Morgan fingerprint density at radius 3 is 2.29 bits per heavy atom. The van der Waals surface area contributed by atoms with Crippen molar-refractivity contribution in [2.24, 2.45) is 5.41 Å². The van der Waals surface area contributed by atoms with E-state index in [0.29, 0.717) is 0 Å². The lowest BCUT2D eigenvalue weighted by atomic mass is 9.73. The number of ketones is 1. The average molecular weight is 456 g/mol. The van der Waals surface area contributed by atoms with Gasteiger partial charge in [-0.05, 0) is 41.3 Å². The van der Waals surface area contributed by atoms with Crippen molar-refractivity contribution in [3.63, 3.8) is 0 Å². The topological polar surface area (TPSA) is 38.8 Å². The predicted octanol–water partition coefficient (Wildman–Crippen LogP) is 5.44. The highest BCUT2D eigenvalue weighted by molar-refractivity contribution is 5.84. The third-order valence-electron chi connectivity index (χ3n) is 7.71. The number of nitrogens with zero attached hydrogens (tertiary/aromatic N) is 1. The van der Waals surface area contributed by atoms with Crippen molar-refractivity contribution < 1.29 is 14.3 Å². The van der Waals surface area contributed by atoms with Gasteiger partial charge in [0.15, 0.2) is 11.5 Å². The molecular formula is C30H33NO3. The molecule has 2 aliphatic rings. The van der Waals surface area contributed by atoms with E-state index in [9.17, 15) is 4.79 Å². The molecule has 5 rings (SSSR count). The summed E-state index contributed by atoms with van der Waals surface area (Å²) in [4.78, 5) is 15.3. The molecule has 3 aromatic rings. The van der Waals surface area contributed by atoms with Crippen molar-refractivity contribution in [1.82, 2.24) is 4.90 Å². The molecule has 0 radical (unpaired) electrons. The fourth-order valence-electron chi connectivity index (χ4n) is 5.67. The van der Waals surface area contributed by atoms with E-state index in [4.69, 9.17) is 9.47 Å². The standard InChI is InChI=1S/C30H33NO3/c1-21(32)30(2)20-31(18-22-9-5-4-6-10-22)19-27(30)25-13-14-28(33-3)29(17-25)34-26-15-23-11-7-8-12-24(23)16-26/h4-14,17,26-27H,15-16,18-20H2,1-3H3/t27-,30-/m0/s1. The molecule has 0 unspecified atom stereocenters. The number of rotatable bonds is 7. The molecular weight excluding hydrogens is 422 g/mol. The molecule has 0 spiro atoms. The molecule has 0 aromatic heterocycles. The van der Waals surface area contributed by atoms with Gasteiger partial charge in [0.2, 0.25) is 0 Å². The quantitative estimate of drug-likeness (QED) is 0.476. The molecule has 4 heteroatoms. The largest absolute Gasteiger partial charge is 0.493 e. The van der Waals surface area contributed by atoms with Gasteiger partial charge >= 0.3 is 0 Å². The van der Waals surface area contributed by atoms with Crippen LogP contribution in [-0.4, -0.2) is 37.0 Å².